The molecule has 2 rings (SSSR count). The van der Waals surface area contributed by atoms with Gasteiger partial charge in [-0.05, 0) is 43.6 Å². The smallest absolute Gasteiger partial charge is 0.414 e. The molecule has 128 valence electrons. The zero-order valence-electron chi connectivity index (χ0n) is 12.9. The van der Waals surface area contributed by atoms with Crippen LogP contribution in [0.25, 0.3) is 0 Å². The lowest BCUT2D eigenvalue weighted by Gasteiger charge is -2.26. The third-order valence-corrected chi connectivity index (χ3v) is 3.89. The maximum Gasteiger partial charge on any atom is 0.414 e. The van der Waals surface area contributed by atoms with Crippen LogP contribution in [0.2, 0.25) is 0 Å². The molecule has 0 amide bonds. The second-order valence-corrected chi connectivity index (χ2v) is 6.11. The fourth-order valence-corrected chi connectivity index (χ4v) is 2.41. The summed E-state index contributed by atoms with van der Waals surface area (Å²) in [5, 5.41) is 14.8. The molecule has 1 fully saturated rings. The SMILES string of the molecule is Brc1ccc(COCCN2CCCCC2)cc1.O=C(O)C(=O)O. The number of carboxylic acids is 2. The number of piperidine rings is 1. The fourth-order valence-electron chi connectivity index (χ4n) is 2.15. The Hall–Kier alpha value is -1.44. The normalized spacial score (nSPS) is 14.7. The van der Waals surface area contributed by atoms with Gasteiger partial charge in [-0.1, -0.05) is 34.5 Å². The van der Waals surface area contributed by atoms with Crippen molar-refractivity contribution in [3.8, 4) is 0 Å². The number of halogens is 1. The van der Waals surface area contributed by atoms with E-state index in [0.29, 0.717) is 0 Å². The van der Waals surface area contributed by atoms with E-state index < -0.39 is 11.9 Å². The largest absolute Gasteiger partial charge is 0.473 e. The van der Waals surface area contributed by atoms with Crippen molar-refractivity contribution < 1.29 is 24.5 Å². The van der Waals surface area contributed by atoms with Crippen molar-refractivity contribution in [1.29, 1.82) is 0 Å². The average Bonchev–Trinajstić information content (AvgIpc) is 2.55. The number of nitrogens with zero attached hydrogens (tertiary/aromatic N) is 1. The lowest BCUT2D eigenvalue weighted by atomic mass is 10.1. The van der Waals surface area contributed by atoms with E-state index in [4.69, 9.17) is 24.5 Å². The highest BCUT2D eigenvalue weighted by atomic mass is 79.9. The van der Waals surface area contributed by atoms with Crippen LogP contribution in [0, 0.1) is 0 Å². The summed E-state index contributed by atoms with van der Waals surface area (Å²) in [7, 11) is 0. The Labute approximate surface area is 144 Å². The summed E-state index contributed by atoms with van der Waals surface area (Å²) in [4.78, 5) is 20.7. The third-order valence-electron chi connectivity index (χ3n) is 3.37. The molecule has 1 aliphatic heterocycles. The number of aliphatic carboxylic acids is 2. The van der Waals surface area contributed by atoms with Crippen molar-refractivity contribution in [2.24, 2.45) is 0 Å². The van der Waals surface area contributed by atoms with Crippen LogP contribution in [0.4, 0.5) is 0 Å². The van der Waals surface area contributed by atoms with E-state index in [2.05, 4.69) is 45.1 Å². The summed E-state index contributed by atoms with van der Waals surface area (Å²) in [6.07, 6.45) is 4.11. The average molecular weight is 388 g/mol. The van der Waals surface area contributed by atoms with E-state index in [1.165, 1.54) is 37.9 Å². The van der Waals surface area contributed by atoms with Gasteiger partial charge in [-0.2, -0.15) is 0 Å². The third kappa shape index (κ3) is 9.32. The number of hydrogen-bond acceptors (Lipinski definition) is 4. The minimum atomic E-state index is -1.82. The second-order valence-electron chi connectivity index (χ2n) is 5.19. The Balaban J connectivity index is 0.000000379. The minimum absolute atomic E-state index is 0.723. The van der Waals surface area contributed by atoms with Crippen LogP contribution < -0.4 is 0 Å². The van der Waals surface area contributed by atoms with E-state index in [1.807, 2.05) is 0 Å². The lowest BCUT2D eigenvalue weighted by molar-refractivity contribution is -0.159. The first-order valence-corrected chi connectivity index (χ1v) is 8.29. The van der Waals surface area contributed by atoms with Gasteiger partial charge in [0, 0.05) is 11.0 Å². The van der Waals surface area contributed by atoms with Crippen LogP contribution in [0.3, 0.4) is 0 Å². The van der Waals surface area contributed by atoms with Crippen LogP contribution in [-0.4, -0.2) is 53.3 Å². The summed E-state index contributed by atoms with van der Waals surface area (Å²) >= 11 is 3.43. The van der Waals surface area contributed by atoms with Gasteiger partial charge in [0.05, 0.1) is 13.2 Å². The Morgan fingerprint density at radius 3 is 2.13 bits per heavy atom. The number of rotatable bonds is 5. The number of likely N-dealkylation sites (tertiary alicyclic amines) is 1. The zero-order valence-corrected chi connectivity index (χ0v) is 14.5. The van der Waals surface area contributed by atoms with Gasteiger partial charge in [0.2, 0.25) is 0 Å². The van der Waals surface area contributed by atoms with Crippen molar-refractivity contribution in [1.82, 2.24) is 4.90 Å². The molecular formula is C16H22BrNO5. The van der Waals surface area contributed by atoms with Crippen molar-refractivity contribution in [3.05, 3.63) is 34.3 Å². The van der Waals surface area contributed by atoms with Crippen LogP contribution in [0.5, 0.6) is 0 Å². The van der Waals surface area contributed by atoms with Crippen LogP contribution in [0.1, 0.15) is 24.8 Å². The highest BCUT2D eigenvalue weighted by Gasteiger charge is 2.08. The molecular weight excluding hydrogens is 366 g/mol. The van der Waals surface area contributed by atoms with E-state index >= 15 is 0 Å². The summed E-state index contributed by atoms with van der Waals surface area (Å²) in [6.45, 7) is 5.15. The van der Waals surface area contributed by atoms with Crippen molar-refractivity contribution in [2.75, 3.05) is 26.2 Å². The highest BCUT2D eigenvalue weighted by molar-refractivity contribution is 9.10. The topological polar surface area (TPSA) is 87.1 Å². The summed E-state index contributed by atoms with van der Waals surface area (Å²) in [5.41, 5.74) is 1.24. The minimum Gasteiger partial charge on any atom is -0.473 e. The highest BCUT2D eigenvalue weighted by Crippen LogP contribution is 2.11. The molecule has 0 atom stereocenters. The van der Waals surface area contributed by atoms with Gasteiger partial charge in [-0.15, -0.1) is 0 Å². The summed E-state index contributed by atoms with van der Waals surface area (Å²) in [5.74, 6) is -3.65. The van der Waals surface area contributed by atoms with E-state index in [-0.39, 0.29) is 0 Å². The molecule has 0 spiro atoms. The Morgan fingerprint density at radius 2 is 1.61 bits per heavy atom. The molecule has 2 N–H and O–H groups in total. The van der Waals surface area contributed by atoms with Gasteiger partial charge in [0.1, 0.15) is 0 Å². The molecule has 0 bridgehead atoms. The van der Waals surface area contributed by atoms with Crippen molar-refractivity contribution in [3.63, 3.8) is 0 Å². The number of benzene rings is 1. The summed E-state index contributed by atoms with van der Waals surface area (Å²) in [6, 6.07) is 8.32. The molecule has 1 aromatic carbocycles. The number of carboxylic acid groups (broad SMARTS) is 2. The van der Waals surface area contributed by atoms with Gasteiger partial charge >= 0.3 is 11.9 Å². The van der Waals surface area contributed by atoms with Gasteiger partial charge in [0.15, 0.2) is 0 Å². The van der Waals surface area contributed by atoms with E-state index in [9.17, 15) is 0 Å². The zero-order chi connectivity index (χ0) is 17.1. The molecule has 0 saturated carbocycles. The van der Waals surface area contributed by atoms with Crippen molar-refractivity contribution >= 4 is 27.9 Å². The first kappa shape index (κ1) is 19.6. The molecule has 0 radical (unpaired) electrons. The predicted octanol–water partition coefficient (Wildman–Crippen LogP) is 2.61. The molecule has 1 aromatic rings. The lowest BCUT2D eigenvalue weighted by Crippen LogP contribution is -2.32. The first-order valence-electron chi connectivity index (χ1n) is 7.50. The Kier molecular flexibility index (Phi) is 9.51. The van der Waals surface area contributed by atoms with Gasteiger partial charge in [-0.3, -0.25) is 0 Å². The molecule has 0 aliphatic carbocycles. The monoisotopic (exact) mass is 387 g/mol. The fraction of sp³-hybridized carbons (Fsp3) is 0.500. The molecule has 6 nitrogen and oxygen atoms in total. The quantitative estimate of drug-likeness (QED) is 0.596. The van der Waals surface area contributed by atoms with Gasteiger partial charge < -0.3 is 19.8 Å². The molecule has 7 heteroatoms. The molecule has 1 heterocycles. The Bertz CT molecular complexity index is 474. The summed E-state index contributed by atoms with van der Waals surface area (Å²) < 4.78 is 6.83. The van der Waals surface area contributed by atoms with Crippen molar-refractivity contribution in [2.45, 2.75) is 25.9 Å². The number of carbonyl (C=O) groups is 2. The first-order chi connectivity index (χ1) is 11.0. The van der Waals surface area contributed by atoms with Crippen LogP contribution in [-0.2, 0) is 20.9 Å². The van der Waals surface area contributed by atoms with E-state index in [1.54, 1.807) is 0 Å². The van der Waals surface area contributed by atoms with Crippen LogP contribution >= 0.6 is 15.9 Å². The maximum atomic E-state index is 9.10. The maximum absolute atomic E-state index is 9.10. The molecule has 0 unspecified atom stereocenters. The molecule has 0 aromatic heterocycles. The molecule has 1 saturated heterocycles. The standard InChI is InChI=1S/C14H20BrNO.C2H2O4/c15-14-6-4-13(5-7-14)12-17-11-10-16-8-2-1-3-9-16;3-1(4)2(5)6/h4-7H,1-3,8-12H2;(H,3,4)(H,5,6). The molecule has 1 aliphatic rings. The number of ether oxygens (including phenoxy) is 1. The number of hydrogen-bond donors (Lipinski definition) is 2. The molecule has 23 heavy (non-hydrogen) atoms. The second kappa shape index (κ2) is 11.2. The van der Waals surface area contributed by atoms with Crippen LogP contribution in [0.15, 0.2) is 28.7 Å². The van der Waals surface area contributed by atoms with Gasteiger partial charge in [0.25, 0.3) is 0 Å². The van der Waals surface area contributed by atoms with E-state index in [0.717, 1.165) is 24.2 Å². The Morgan fingerprint density at radius 1 is 1.04 bits per heavy atom. The van der Waals surface area contributed by atoms with Gasteiger partial charge in [-0.25, -0.2) is 9.59 Å². The predicted molar refractivity (Wildman–Crippen MR) is 89.4 cm³/mol.